The van der Waals surface area contributed by atoms with Gasteiger partial charge in [0.05, 0.1) is 5.92 Å². The van der Waals surface area contributed by atoms with Gasteiger partial charge in [0.15, 0.2) is 0 Å². The van der Waals surface area contributed by atoms with E-state index in [0.717, 1.165) is 22.3 Å². The molecule has 0 radical (unpaired) electrons. The molecule has 1 fully saturated rings. The number of hydroxylamine groups is 2. The predicted octanol–water partition coefficient (Wildman–Crippen LogP) is 3.17. The molecule has 0 unspecified atom stereocenters. The summed E-state index contributed by atoms with van der Waals surface area (Å²) in [7, 11) is 0. The first-order valence-corrected chi connectivity index (χ1v) is 8.02. The van der Waals surface area contributed by atoms with Crippen LogP contribution in [0.3, 0.4) is 0 Å². The Morgan fingerprint density at radius 3 is 2.16 bits per heavy atom. The second kappa shape index (κ2) is 5.73. The molecule has 0 aromatic heterocycles. The van der Waals surface area contributed by atoms with E-state index in [1.807, 2.05) is 36.4 Å². The van der Waals surface area contributed by atoms with Crippen LogP contribution in [0.25, 0.3) is 11.1 Å². The van der Waals surface area contributed by atoms with Crippen molar-refractivity contribution >= 4 is 18.0 Å². The molecule has 4 rings (SSSR count). The van der Waals surface area contributed by atoms with Crippen molar-refractivity contribution < 1.29 is 24.3 Å². The lowest BCUT2D eigenvalue weighted by molar-refractivity contribution is -0.176. The van der Waals surface area contributed by atoms with Crippen LogP contribution >= 0.6 is 0 Å². The zero-order valence-electron chi connectivity index (χ0n) is 13.2. The Labute approximate surface area is 143 Å². The molecule has 126 valence electrons. The number of hydrogen-bond donors (Lipinski definition) is 1. The molecule has 2 aliphatic rings. The van der Waals surface area contributed by atoms with Crippen molar-refractivity contribution in [1.82, 2.24) is 5.06 Å². The van der Waals surface area contributed by atoms with Crippen molar-refractivity contribution in [3.63, 3.8) is 0 Å². The first kappa shape index (κ1) is 15.4. The van der Waals surface area contributed by atoms with Crippen LogP contribution in [-0.4, -0.2) is 28.1 Å². The molecule has 1 aliphatic carbocycles. The summed E-state index contributed by atoms with van der Waals surface area (Å²) in [4.78, 5) is 39.3. The molecule has 0 saturated carbocycles. The average Bonchev–Trinajstić information content (AvgIpc) is 3.05. The molecule has 1 heterocycles. The second-order valence-electron chi connectivity index (χ2n) is 6.25. The summed E-state index contributed by atoms with van der Waals surface area (Å²) in [5, 5.41) is 9.05. The van der Waals surface area contributed by atoms with E-state index in [1.54, 1.807) is 0 Å². The van der Waals surface area contributed by atoms with Crippen LogP contribution in [0.4, 0.5) is 4.79 Å². The van der Waals surface area contributed by atoms with Gasteiger partial charge in [0.25, 0.3) is 11.8 Å². The number of hydrogen-bond acceptors (Lipinski definition) is 4. The van der Waals surface area contributed by atoms with E-state index in [2.05, 4.69) is 17.0 Å². The molecule has 6 heteroatoms. The van der Waals surface area contributed by atoms with Gasteiger partial charge in [0.1, 0.15) is 0 Å². The number of carbonyl (C=O) groups excluding carboxylic acids is 2. The Morgan fingerprint density at radius 2 is 1.60 bits per heavy atom. The van der Waals surface area contributed by atoms with E-state index in [0.29, 0.717) is 11.5 Å². The van der Waals surface area contributed by atoms with Crippen LogP contribution in [0.15, 0.2) is 48.5 Å². The van der Waals surface area contributed by atoms with E-state index in [9.17, 15) is 14.4 Å². The summed E-state index contributed by atoms with van der Waals surface area (Å²) in [6.07, 6.45) is -1.26. The van der Waals surface area contributed by atoms with Crippen LogP contribution < -0.4 is 0 Å². The lowest BCUT2D eigenvalue weighted by Gasteiger charge is -2.17. The fraction of sp³-hybridized carbons (Fsp3) is 0.211. The van der Waals surface area contributed by atoms with Gasteiger partial charge < -0.3 is 5.11 Å². The SMILES string of the molecule is O=C(O)ON1C(=O)C[C@@H](CC2c3ccccc3-c3ccccc32)C1=O. The minimum Gasteiger partial charge on any atom is -0.448 e. The maximum absolute atomic E-state index is 12.4. The normalized spacial score (nSPS) is 19.0. The van der Waals surface area contributed by atoms with Crippen LogP contribution in [0.5, 0.6) is 0 Å². The molecule has 6 nitrogen and oxygen atoms in total. The highest BCUT2D eigenvalue weighted by atomic mass is 16.8. The molecule has 2 aromatic rings. The topological polar surface area (TPSA) is 83.9 Å². The molecule has 1 saturated heterocycles. The average molecular weight is 337 g/mol. The number of rotatable bonds is 3. The van der Waals surface area contributed by atoms with Gasteiger partial charge in [-0.1, -0.05) is 53.6 Å². The molecule has 2 amide bonds. The number of amides is 2. The number of nitrogens with zero attached hydrogens (tertiary/aromatic N) is 1. The Hall–Kier alpha value is -3.15. The highest BCUT2D eigenvalue weighted by Crippen LogP contribution is 2.48. The minimum atomic E-state index is -1.67. The molecule has 1 atom stereocenters. The number of carboxylic acid groups (broad SMARTS) is 1. The molecule has 0 spiro atoms. The van der Waals surface area contributed by atoms with E-state index in [4.69, 9.17) is 5.11 Å². The van der Waals surface area contributed by atoms with Crippen molar-refractivity contribution in [1.29, 1.82) is 0 Å². The summed E-state index contributed by atoms with van der Waals surface area (Å²) >= 11 is 0. The predicted molar refractivity (Wildman–Crippen MR) is 87.4 cm³/mol. The zero-order chi connectivity index (χ0) is 17.6. The van der Waals surface area contributed by atoms with Crippen LogP contribution in [0.2, 0.25) is 0 Å². The van der Waals surface area contributed by atoms with Gasteiger partial charge in [0, 0.05) is 12.3 Å². The highest BCUT2D eigenvalue weighted by Gasteiger charge is 2.44. The van der Waals surface area contributed by atoms with Crippen molar-refractivity contribution in [2.24, 2.45) is 5.92 Å². The molecular weight excluding hydrogens is 322 g/mol. The van der Waals surface area contributed by atoms with E-state index in [-0.39, 0.29) is 12.3 Å². The third kappa shape index (κ3) is 2.46. The summed E-state index contributed by atoms with van der Waals surface area (Å²) < 4.78 is 0. The molecule has 1 aliphatic heterocycles. The first-order valence-electron chi connectivity index (χ1n) is 8.02. The van der Waals surface area contributed by atoms with Crippen LogP contribution in [0, 0.1) is 5.92 Å². The molecular formula is C19H15NO5. The molecule has 25 heavy (non-hydrogen) atoms. The van der Waals surface area contributed by atoms with E-state index in [1.165, 1.54) is 0 Å². The van der Waals surface area contributed by atoms with Gasteiger partial charge in [-0.2, -0.15) is 0 Å². The molecule has 1 N–H and O–H groups in total. The Kier molecular flexibility index (Phi) is 3.53. The van der Waals surface area contributed by atoms with Gasteiger partial charge in [-0.3, -0.25) is 14.4 Å². The van der Waals surface area contributed by atoms with Crippen molar-refractivity contribution in [3.05, 3.63) is 59.7 Å². The van der Waals surface area contributed by atoms with Crippen molar-refractivity contribution in [2.45, 2.75) is 18.8 Å². The van der Waals surface area contributed by atoms with Crippen LogP contribution in [-0.2, 0) is 14.4 Å². The maximum Gasteiger partial charge on any atom is 0.531 e. The number of benzene rings is 2. The van der Waals surface area contributed by atoms with Gasteiger partial charge in [-0.05, 0) is 28.7 Å². The Bertz CT molecular complexity index is 845. The molecule has 0 bridgehead atoms. The Balaban J connectivity index is 1.64. The maximum atomic E-state index is 12.4. The fourth-order valence-corrected chi connectivity index (χ4v) is 3.83. The summed E-state index contributed by atoms with van der Waals surface area (Å²) in [6.45, 7) is 0. The highest BCUT2D eigenvalue weighted by molar-refractivity contribution is 6.03. The van der Waals surface area contributed by atoms with Gasteiger partial charge in [0.2, 0.25) is 0 Å². The summed E-state index contributed by atoms with van der Waals surface area (Å²) in [5.41, 5.74) is 4.53. The second-order valence-corrected chi connectivity index (χ2v) is 6.25. The smallest absolute Gasteiger partial charge is 0.448 e. The number of fused-ring (bicyclic) bond motifs is 3. The third-order valence-electron chi connectivity index (χ3n) is 4.85. The van der Waals surface area contributed by atoms with Gasteiger partial charge in [-0.25, -0.2) is 4.79 Å². The molecule has 2 aromatic carbocycles. The first-order chi connectivity index (χ1) is 12.1. The zero-order valence-corrected chi connectivity index (χ0v) is 13.2. The third-order valence-corrected chi connectivity index (χ3v) is 4.85. The largest absolute Gasteiger partial charge is 0.531 e. The van der Waals surface area contributed by atoms with Crippen LogP contribution in [0.1, 0.15) is 29.9 Å². The van der Waals surface area contributed by atoms with Gasteiger partial charge in [-0.15, -0.1) is 0 Å². The minimum absolute atomic E-state index is 0.000993. The van der Waals surface area contributed by atoms with Gasteiger partial charge >= 0.3 is 6.16 Å². The van der Waals surface area contributed by atoms with E-state index < -0.39 is 23.9 Å². The Morgan fingerprint density at radius 1 is 1.04 bits per heavy atom. The lowest BCUT2D eigenvalue weighted by atomic mass is 9.86. The summed E-state index contributed by atoms with van der Waals surface area (Å²) in [5.74, 6) is -1.79. The van der Waals surface area contributed by atoms with Crippen molar-refractivity contribution in [2.75, 3.05) is 0 Å². The summed E-state index contributed by atoms with van der Waals surface area (Å²) in [6, 6.07) is 16.0. The number of imide groups is 1. The lowest BCUT2D eigenvalue weighted by Crippen LogP contribution is -2.33. The fourth-order valence-electron chi connectivity index (χ4n) is 3.83. The standard InChI is InChI=1S/C19H15NO5/c21-17-10-11(18(22)20(17)25-19(23)24)9-16-14-7-3-1-5-12(14)13-6-2-4-8-15(13)16/h1-8,11,16H,9-10H2,(H,23,24)/t11-/m1/s1. The van der Waals surface area contributed by atoms with Crippen molar-refractivity contribution in [3.8, 4) is 11.1 Å². The quantitative estimate of drug-likeness (QED) is 0.870. The van der Waals surface area contributed by atoms with E-state index >= 15 is 0 Å². The monoisotopic (exact) mass is 337 g/mol. The number of carbonyl (C=O) groups is 3.